The fourth-order valence-electron chi connectivity index (χ4n) is 3.00. The first-order valence-corrected chi connectivity index (χ1v) is 8.36. The number of nitrogens with one attached hydrogen (secondary N) is 2. The van der Waals surface area contributed by atoms with Crippen molar-refractivity contribution in [2.24, 2.45) is 4.99 Å². The van der Waals surface area contributed by atoms with Crippen LogP contribution in [0.2, 0.25) is 0 Å². The highest BCUT2D eigenvalue weighted by Gasteiger charge is 2.17. The third kappa shape index (κ3) is 5.25. The number of hydrogen-bond donors (Lipinski definition) is 2. The Hall–Kier alpha value is -1.51. The third-order valence-corrected chi connectivity index (χ3v) is 4.27. The van der Waals surface area contributed by atoms with Crippen LogP contribution >= 0.6 is 24.0 Å². The lowest BCUT2D eigenvalue weighted by atomic mass is 10.3. The highest BCUT2D eigenvalue weighted by atomic mass is 127. The van der Waals surface area contributed by atoms with Crippen LogP contribution in [0, 0.1) is 0 Å². The van der Waals surface area contributed by atoms with Gasteiger partial charge in [-0.2, -0.15) is 5.10 Å². The van der Waals surface area contributed by atoms with E-state index in [1.54, 1.807) is 13.3 Å². The first kappa shape index (κ1) is 18.8. The van der Waals surface area contributed by atoms with Crippen LogP contribution in [-0.2, 0) is 13.0 Å². The van der Waals surface area contributed by atoms with Crippen LogP contribution in [0.3, 0.4) is 0 Å². The summed E-state index contributed by atoms with van der Waals surface area (Å²) in [6, 6.07) is 6.56. The maximum atomic E-state index is 5.32. The summed E-state index contributed by atoms with van der Waals surface area (Å²) in [6.45, 7) is 1.46. The average molecular weight is 443 g/mol. The summed E-state index contributed by atoms with van der Waals surface area (Å²) in [6.07, 6.45) is 9.79. The molecule has 2 N–H and O–H groups in total. The van der Waals surface area contributed by atoms with Crippen molar-refractivity contribution >= 4 is 29.9 Å². The van der Waals surface area contributed by atoms with Gasteiger partial charge in [0.25, 0.3) is 0 Å². The number of furan rings is 1. The van der Waals surface area contributed by atoms with E-state index in [0.29, 0.717) is 12.6 Å². The Morgan fingerprint density at radius 2 is 2.17 bits per heavy atom. The molecule has 132 valence electrons. The van der Waals surface area contributed by atoms with E-state index in [9.17, 15) is 0 Å². The zero-order chi connectivity index (χ0) is 15.9. The van der Waals surface area contributed by atoms with Gasteiger partial charge in [-0.15, -0.1) is 24.0 Å². The molecule has 0 amide bonds. The van der Waals surface area contributed by atoms with Crippen molar-refractivity contribution in [1.29, 1.82) is 0 Å². The quantitative estimate of drug-likeness (QED) is 0.409. The van der Waals surface area contributed by atoms with Crippen LogP contribution < -0.4 is 10.6 Å². The molecule has 1 saturated carbocycles. The molecular weight excluding hydrogens is 417 g/mol. The van der Waals surface area contributed by atoms with Gasteiger partial charge >= 0.3 is 0 Å². The second kappa shape index (κ2) is 9.71. The predicted molar refractivity (Wildman–Crippen MR) is 106 cm³/mol. The zero-order valence-corrected chi connectivity index (χ0v) is 16.4. The number of aliphatic imine (C=N–C) groups is 1. The summed E-state index contributed by atoms with van der Waals surface area (Å²) in [5.41, 5.74) is 1.05. The maximum absolute atomic E-state index is 5.32. The second-order valence-corrected chi connectivity index (χ2v) is 5.91. The molecule has 0 unspecified atom stereocenters. The molecule has 2 aromatic rings. The number of halogens is 1. The van der Waals surface area contributed by atoms with E-state index in [4.69, 9.17) is 4.42 Å². The van der Waals surface area contributed by atoms with Crippen molar-refractivity contribution in [2.45, 2.75) is 44.7 Å². The van der Waals surface area contributed by atoms with Gasteiger partial charge in [-0.05, 0) is 31.0 Å². The fraction of sp³-hybridized carbons (Fsp3) is 0.529. The molecule has 0 atom stereocenters. The Balaban J connectivity index is 0.00000208. The molecule has 2 aromatic heterocycles. The fourth-order valence-corrected chi connectivity index (χ4v) is 3.00. The Morgan fingerprint density at radius 3 is 2.88 bits per heavy atom. The van der Waals surface area contributed by atoms with E-state index in [0.717, 1.165) is 30.4 Å². The third-order valence-electron chi connectivity index (χ3n) is 4.27. The molecule has 0 saturated heterocycles. The molecule has 3 rings (SSSR count). The summed E-state index contributed by atoms with van der Waals surface area (Å²) in [4.78, 5) is 4.24. The van der Waals surface area contributed by atoms with E-state index in [-0.39, 0.29) is 24.0 Å². The Morgan fingerprint density at radius 1 is 1.33 bits per heavy atom. The van der Waals surface area contributed by atoms with Gasteiger partial charge in [-0.25, -0.2) is 0 Å². The molecule has 24 heavy (non-hydrogen) atoms. The van der Waals surface area contributed by atoms with Crippen LogP contribution in [0.15, 0.2) is 40.1 Å². The van der Waals surface area contributed by atoms with Gasteiger partial charge in [-0.1, -0.05) is 12.8 Å². The van der Waals surface area contributed by atoms with Gasteiger partial charge in [0.2, 0.25) is 0 Å². The van der Waals surface area contributed by atoms with Gasteiger partial charge in [0.15, 0.2) is 5.96 Å². The van der Waals surface area contributed by atoms with Crippen LogP contribution in [0.5, 0.6) is 0 Å². The minimum Gasteiger partial charge on any atom is -0.469 e. The summed E-state index contributed by atoms with van der Waals surface area (Å²) in [5.74, 6) is 1.76. The van der Waals surface area contributed by atoms with Gasteiger partial charge in [0.05, 0.1) is 24.5 Å². The highest BCUT2D eigenvalue weighted by molar-refractivity contribution is 14.0. The van der Waals surface area contributed by atoms with Crippen molar-refractivity contribution in [1.82, 2.24) is 20.4 Å². The highest BCUT2D eigenvalue weighted by Crippen LogP contribution is 2.28. The van der Waals surface area contributed by atoms with Crippen molar-refractivity contribution in [3.63, 3.8) is 0 Å². The van der Waals surface area contributed by atoms with E-state index in [2.05, 4.69) is 37.7 Å². The monoisotopic (exact) mass is 443 g/mol. The molecule has 0 bridgehead atoms. The number of nitrogens with zero attached hydrogens (tertiary/aromatic N) is 3. The summed E-state index contributed by atoms with van der Waals surface area (Å²) >= 11 is 0. The zero-order valence-electron chi connectivity index (χ0n) is 14.1. The Labute approximate surface area is 160 Å². The molecular formula is C17H26IN5O. The molecule has 1 fully saturated rings. The minimum absolute atomic E-state index is 0. The lowest BCUT2D eigenvalue weighted by Crippen LogP contribution is -2.37. The number of aromatic nitrogens is 2. The molecule has 1 aliphatic rings. The molecule has 0 radical (unpaired) electrons. The first-order valence-electron chi connectivity index (χ1n) is 8.36. The normalized spacial score (nSPS) is 15.3. The maximum Gasteiger partial charge on any atom is 0.191 e. The lowest BCUT2D eigenvalue weighted by Gasteiger charge is -2.11. The average Bonchev–Trinajstić information content (AvgIpc) is 3.32. The molecule has 2 heterocycles. The Bertz CT molecular complexity index is 617. The molecule has 0 aliphatic heterocycles. The summed E-state index contributed by atoms with van der Waals surface area (Å²) in [5, 5.41) is 11.3. The molecule has 0 spiro atoms. The van der Waals surface area contributed by atoms with E-state index in [1.807, 2.05) is 12.1 Å². The van der Waals surface area contributed by atoms with Crippen molar-refractivity contribution in [3.05, 3.63) is 42.1 Å². The molecule has 0 aromatic carbocycles. The van der Waals surface area contributed by atoms with Gasteiger partial charge in [-0.3, -0.25) is 9.67 Å². The molecule has 1 aliphatic carbocycles. The van der Waals surface area contributed by atoms with E-state index < -0.39 is 0 Å². The molecule has 7 heteroatoms. The van der Waals surface area contributed by atoms with Crippen molar-refractivity contribution in [3.8, 4) is 0 Å². The van der Waals surface area contributed by atoms with Crippen LogP contribution in [0.25, 0.3) is 0 Å². The van der Waals surface area contributed by atoms with Crippen molar-refractivity contribution in [2.75, 3.05) is 13.6 Å². The van der Waals surface area contributed by atoms with Gasteiger partial charge < -0.3 is 15.1 Å². The van der Waals surface area contributed by atoms with E-state index >= 15 is 0 Å². The van der Waals surface area contributed by atoms with Crippen LogP contribution in [-0.4, -0.2) is 29.3 Å². The summed E-state index contributed by atoms with van der Waals surface area (Å²) in [7, 11) is 1.78. The minimum atomic E-state index is 0. The topological polar surface area (TPSA) is 67.4 Å². The first-order chi connectivity index (χ1) is 11.3. The van der Waals surface area contributed by atoms with Gasteiger partial charge in [0.1, 0.15) is 5.76 Å². The largest absolute Gasteiger partial charge is 0.469 e. The number of rotatable bonds is 6. The predicted octanol–water partition coefficient (Wildman–Crippen LogP) is 3.12. The smallest absolute Gasteiger partial charge is 0.191 e. The molecule has 6 nitrogen and oxygen atoms in total. The van der Waals surface area contributed by atoms with Crippen molar-refractivity contribution < 1.29 is 4.42 Å². The van der Waals surface area contributed by atoms with Crippen LogP contribution in [0.4, 0.5) is 0 Å². The standard InChI is InChI=1S/C17H25N5O.HI/c1-18-17(19-10-8-16-7-4-12-23-16)20-13-14-9-11-22(21-14)15-5-2-3-6-15;/h4,7,9,11-12,15H,2-3,5-6,8,10,13H2,1H3,(H2,18,19,20);1H. The van der Waals surface area contributed by atoms with Gasteiger partial charge in [0, 0.05) is 26.2 Å². The number of guanidine groups is 1. The second-order valence-electron chi connectivity index (χ2n) is 5.91. The summed E-state index contributed by atoms with van der Waals surface area (Å²) < 4.78 is 7.44. The number of hydrogen-bond acceptors (Lipinski definition) is 3. The Kier molecular flexibility index (Phi) is 7.61. The van der Waals surface area contributed by atoms with E-state index in [1.165, 1.54) is 25.7 Å². The lowest BCUT2D eigenvalue weighted by molar-refractivity contribution is 0.462. The SMILES string of the molecule is CN=C(NCCc1ccco1)NCc1ccn(C2CCCC2)n1.I. The van der Waals surface area contributed by atoms with Crippen LogP contribution in [0.1, 0.15) is 43.2 Å².